The van der Waals surface area contributed by atoms with E-state index in [9.17, 15) is 45.9 Å². The summed E-state index contributed by atoms with van der Waals surface area (Å²) in [6, 6.07) is -3.51. The van der Waals surface area contributed by atoms with E-state index in [4.69, 9.17) is 0 Å². The smallest absolute Gasteiger partial charge is 0.356 e. The lowest BCUT2D eigenvalue weighted by Gasteiger charge is -2.29. The number of ether oxygens (including phenoxy) is 1. The Hall–Kier alpha value is -2.84. The molecule has 2 aliphatic rings. The number of nitrogens with one attached hydrogen (secondary N) is 4. The number of hydrogen-bond acceptors (Lipinski definition) is 6. The first-order valence-corrected chi connectivity index (χ1v) is 12.4. The second-order valence-electron chi connectivity index (χ2n) is 10.0. The number of alkyl halides is 5. The Morgan fingerprint density at radius 1 is 1.03 bits per heavy atom. The lowest BCUT2D eigenvalue weighted by molar-refractivity contribution is -0.321. The highest BCUT2D eigenvalue weighted by atomic mass is 19.4. The summed E-state index contributed by atoms with van der Waals surface area (Å²) in [4.78, 5) is 62.3. The topological polar surface area (TPSA) is 143 Å². The third-order valence-corrected chi connectivity index (χ3v) is 6.35. The second-order valence-corrected chi connectivity index (χ2v) is 10.0. The molecule has 0 aromatic carbocycles. The van der Waals surface area contributed by atoms with Crippen molar-refractivity contribution in [2.24, 2.45) is 11.8 Å². The van der Waals surface area contributed by atoms with Gasteiger partial charge in [-0.25, -0.2) is 8.78 Å². The molecule has 0 radical (unpaired) electrons. The minimum atomic E-state index is -5.09. The average molecular weight is 557 g/mol. The van der Waals surface area contributed by atoms with E-state index >= 15 is 0 Å². The number of amides is 4. The van der Waals surface area contributed by atoms with Crippen LogP contribution in [0.1, 0.15) is 58.8 Å². The maximum atomic E-state index is 13.3. The molecule has 0 bridgehead atoms. The van der Waals surface area contributed by atoms with Crippen molar-refractivity contribution in [1.82, 2.24) is 21.3 Å². The molecule has 1 saturated carbocycles. The summed E-state index contributed by atoms with van der Waals surface area (Å²) >= 11 is 0. The molecule has 0 unspecified atom stereocenters. The molecule has 4 amide bonds. The Morgan fingerprint density at radius 3 is 2.18 bits per heavy atom. The molecule has 0 spiro atoms. The van der Waals surface area contributed by atoms with Crippen LogP contribution in [0.2, 0.25) is 0 Å². The van der Waals surface area contributed by atoms with Crippen LogP contribution in [0.4, 0.5) is 22.0 Å². The molecule has 10 nitrogen and oxygen atoms in total. The predicted molar refractivity (Wildman–Crippen MR) is 121 cm³/mol. The number of halogens is 5. The van der Waals surface area contributed by atoms with Crippen LogP contribution in [0, 0.1) is 11.8 Å². The van der Waals surface area contributed by atoms with Crippen LogP contribution in [-0.4, -0.2) is 73.0 Å². The number of Topliss-reactive ketones (excluding diaryl/α,β-unsaturated/α-hetero) is 1. The molecule has 1 saturated heterocycles. The van der Waals surface area contributed by atoms with Crippen LogP contribution in [0.15, 0.2) is 0 Å². The minimum absolute atomic E-state index is 0.00435. The summed E-state index contributed by atoms with van der Waals surface area (Å²) in [5.74, 6) is -8.59. The summed E-state index contributed by atoms with van der Waals surface area (Å²) in [6.45, 7) is 2.32. The van der Waals surface area contributed by atoms with Gasteiger partial charge in [0.15, 0.2) is 5.78 Å². The Balaban J connectivity index is 2.06. The van der Waals surface area contributed by atoms with Crippen molar-refractivity contribution in [3.63, 3.8) is 0 Å². The number of hydrogen-bond donors (Lipinski definition) is 4. The van der Waals surface area contributed by atoms with Crippen molar-refractivity contribution < 1.29 is 50.7 Å². The fraction of sp³-hybridized carbons (Fsp3) is 0.783. The van der Waals surface area contributed by atoms with Gasteiger partial charge < -0.3 is 21.3 Å². The van der Waals surface area contributed by atoms with Crippen LogP contribution in [0.3, 0.4) is 0 Å². The monoisotopic (exact) mass is 556 g/mol. The van der Waals surface area contributed by atoms with Gasteiger partial charge in [-0.15, -0.1) is 13.2 Å². The zero-order valence-corrected chi connectivity index (χ0v) is 21.1. The standard InChI is InChI=1S/C23H33F5N4O6/c1-12(2)9-16(32-21(37)20(36)30-14-3-6-22(24,25)7-4-14)19(35)31-15(10-13-5-8-29-18(13)34)17(33)11-38-23(26,27)28/h12-16H,3-11H2,1-2H3,(H,29,34)(H,30,36)(H,31,35)(H,32,37)/t13-,15-,16-/m0/s1. The Morgan fingerprint density at radius 2 is 1.66 bits per heavy atom. The van der Waals surface area contributed by atoms with Crippen molar-refractivity contribution in [3.05, 3.63) is 0 Å². The van der Waals surface area contributed by atoms with Crippen LogP contribution >= 0.6 is 0 Å². The molecular weight excluding hydrogens is 523 g/mol. The van der Waals surface area contributed by atoms with E-state index in [2.05, 4.69) is 26.0 Å². The first kappa shape index (κ1) is 31.4. The lowest BCUT2D eigenvalue weighted by Crippen LogP contribution is -2.56. The average Bonchev–Trinajstić information content (AvgIpc) is 3.21. The molecule has 1 aliphatic carbocycles. The summed E-state index contributed by atoms with van der Waals surface area (Å²) in [6.07, 6.45) is -6.00. The second kappa shape index (κ2) is 13.3. The van der Waals surface area contributed by atoms with E-state index in [0.717, 1.165) is 0 Å². The Labute approximate surface area is 216 Å². The SMILES string of the molecule is CC(C)C[C@H](NC(=O)C(=O)NC1CCC(F)(F)CC1)C(=O)N[C@@H](C[C@@H]1CCNC1=O)C(=O)COC(F)(F)F. The van der Waals surface area contributed by atoms with E-state index in [-0.39, 0.29) is 31.6 Å². The van der Waals surface area contributed by atoms with Gasteiger partial charge in [-0.3, -0.25) is 28.7 Å². The number of carbonyl (C=O) groups excluding carboxylic acids is 5. The Bertz CT molecular complexity index is 888. The van der Waals surface area contributed by atoms with Gasteiger partial charge in [-0.2, -0.15) is 0 Å². The molecule has 3 atom stereocenters. The molecular formula is C23H33F5N4O6. The maximum Gasteiger partial charge on any atom is 0.522 e. The van der Waals surface area contributed by atoms with Crippen molar-refractivity contribution in [3.8, 4) is 0 Å². The zero-order chi connectivity index (χ0) is 28.7. The highest BCUT2D eigenvalue weighted by Gasteiger charge is 2.38. The van der Waals surface area contributed by atoms with E-state index in [1.165, 1.54) is 0 Å². The first-order valence-electron chi connectivity index (χ1n) is 12.4. The molecule has 1 heterocycles. The quantitative estimate of drug-likeness (QED) is 0.223. The first-order chi connectivity index (χ1) is 17.6. The molecule has 0 aromatic rings. The van der Waals surface area contributed by atoms with Crippen molar-refractivity contribution in [1.29, 1.82) is 0 Å². The number of rotatable bonds is 11. The summed E-state index contributed by atoms with van der Waals surface area (Å²) < 4.78 is 67.6. The highest BCUT2D eigenvalue weighted by molar-refractivity contribution is 6.35. The van der Waals surface area contributed by atoms with Gasteiger partial charge in [0.2, 0.25) is 17.7 Å². The maximum absolute atomic E-state index is 13.3. The third kappa shape index (κ3) is 10.5. The lowest BCUT2D eigenvalue weighted by atomic mass is 9.92. The van der Waals surface area contributed by atoms with Crippen LogP contribution in [0.5, 0.6) is 0 Å². The molecule has 2 fully saturated rings. The zero-order valence-electron chi connectivity index (χ0n) is 21.1. The molecule has 216 valence electrons. The van der Waals surface area contributed by atoms with Crippen LogP contribution in [-0.2, 0) is 28.7 Å². The molecule has 38 heavy (non-hydrogen) atoms. The van der Waals surface area contributed by atoms with Gasteiger partial charge in [-0.1, -0.05) is 13.8 Å². The van der Waals surface area contributed by atoms with Crippen molar-refractivity contribution >= 4 is 29.4 Å². The van der Waals surface area contributed by atoms with Gasteiger partial charge >= 0.3 is 18.2 Å². The minimum Gasteiger partial charge on any atom is -0.356 e. The van der Waals surface area contributed by atoms with Gasteiger partial charge in [0.25, 0.3) is 0 Å². The van der Waals surface area contributed by atoms with Crippen LogP contribution in [0.25, 0.3) is 0 Å². The van der Waals surface area contributed by atoms with E-state index in [1.807, 2.05) is 0 Å². The molecule has 4 N–H and O–H groups in total. The van der Waals surface area contributed by atoms with E-state index in [1.54, 1.807) is 13.8 Å². The fourth-order valence-electron chi connectivity index (χ4n) is 4.31. The van der Waals surface area contributed by atoms with Gasteiger partial charge in [0, 0.05) is 31.3 Å². The summed E-state index contributed by atoms with van der Waals surface area (Å²) in [7, 11) is 0. The number of carbonyl (C=O) groups is 5. The summed E-state index contributed by atoms with van der Waals surface area (Å²) in [5.41, 5.74) is 0. The van der Waals surface area contributed by atoms with Gasteiger partial charge in [-0.05, 0) is 38.0 Å². The molecule has 1 aliphatic heterocycles. The fourth-order valence-corrected chi connectivity index (χ4v) is 4.31. The summed E-state index contributed by atoms with van der Waals surface area (Å²) in [5, 5.41) is 9.43. The molecule has 2 rings (SSSR count). The largest absolute Gasteiger partial charge is 0.522 e. The number of ketones is 1. The van der Waals surface area contributed by atoms with Crippen LogP contribution < -0.4 is 21.3 Å². The normalized spacial score (nSPS) is 21.4. The molecule has 15 heteroatoms. The Kier molecular flexibility index (Phi) is 11.0. The highest BCUT2D eigenvalue weighted by Crippen LogP contribution is 2.33. The van der Waals surface area contributed by atoms with E-state index < -0.39 is 85.2 Å². The van der Waals surface area contributed by atoms with Crippen molar-refractivity contribution in [2.45, 2.75) is 89.2 Å². The van der Waals surface area contributed by atoms with E-state index in [0.29, 0.717) is 13.0 Å². The predicted octanol–water partition coefficient (Wildman–Crippen LogP) is 1.33. The van der Waals surface area contributed by atoms with Gasteiger partial charge in [0.05, 0.1) is 6.04 Å². The third-order valence-electron chi connectivity index (χ3n) is 6.35. The molecule has 0 aromatic heterocycles. The van der Waals surface area contributed by atoms with Crippen molar-refractivity contribution in [2.75, 3.05) is 13.2 Å². The van der Waals surface area contributed by atoms with Gasteiger partial charge in [0.1, 0.15) is 12.6 Å².